The van der Waals surface area contributed by atoms with Crippen molar-refractivity contribution in [2.75, 3.05) is 5.32 Å². The minimum absolute atomic E-state index is 0.275. The van der Waals surface area contributed by atoms with Gasteiger partial charge in [-0.3, -0.25) is 4.98 Å². The lowest BCUT2D eigenvalue weighted by molar-refractivity contribution is 0.495. The summed E-state index contributed by atoms with van der Waals surface area (Å²) in [6.07, 6.45) is 10.5. The molecular weight excluding hydrogens is 266 g/mol. The lowest BCUT2D eigenvalue weighted by atomic mass is 10.1. The normalized spacial score (nSPS) is 12.2. The van der Waals surface area contributed by atoms with Gasteiger partial charge in [0.2, 0.25) is 0 Å². The summed E-state index contributed by atoms with van der Waals surface area (Å²) in [5, 5.41) is 7.50. The van der Waals surface area contributed by atoms with Crippen LogP contribution in [0.5, 0.6) is 0 Å². The molecule has 108 valence electrons. The third-order valence-corrected chi connectivity index (χ3v) is 3.16. The Morgan fingerprint density at radius 2 is 2.29 bits per heavy atom. The minimum Gasteiger partial charge on any atom is -0.469 e. The number of aryl methyl sites for hydroxylation is 1. The number of aromatic nitrogens is 4. The molecule has 3 rings (SSSR count). The van der Waals surface area contributed by atoms with E-state index in [1.165, 1.54) is 0 Å². The van der Waals surface area contributed by atoms with Crippen LogP contribution >= 0.6 is 0 Å². The molecule has 1 atom stereocenters. The molecule has 0 saturated heterocycles. The summed E-state index contributed by atoms with van der Waals surface area (Å²) in [5.41, 5.74) is 0. The van der Waals surface area contributed by atoms with E-state index in [1.807, 2.05) is 24.4 Å². The maximum absolute atomic E-state index is 5.33. The van der Waals surface area contributed by atoms with Crippen LogP contribution in [0.2, 0.25) is 0 Å². The summed E-state index contributed by atoms with van der Waals surface area (Å²) in [6, 6.07) is 6.03. The van der Waals surface area contributed by atoms with Crippen LogP contribution < -0.4 is 5.32 Å². The van der Waals surface area contributed by atoms with E-state index in [4.69, 9.17) is 4.42 Å². The van der Waals surface area contributed by atoms with E-state index >= 15 is 0 Å². The molecule has 0 bridgehead atoms. The fourth-order valence-electron chi connectivity index (χ4n) is 2.08. The summed E-state index contributed by atoms with van der Waals surface area (Å²) in [4.78, 5) is 8.70. The summed E-state index contributed by atoms with van der Waals surface area (Å²) in [7, 11) is 0. The average molecular weight is 283 g/mol. The van der Waals surface area contributed by atoms with Gasteiger partial charge in [-0.2, -0.15) is 5.10 Å². The Bertz CT molecular complexity index is 663. The van der Waals surface area contributed by atoms with E-state index in [1.54, 1.807) is 29.5 Å². The molecule has 3 heterocycles. The number of nitrogens with zero attached hydrogens (tertiary/aromatic N) is 4. The highest BCUT2D eigenvalue weighted by Crippen LogP contribution is 2.11. The molecule has 1 N–H and O–H groups in total. The van der Waals surface area contributed by atoms with Gasteiger partial charge in [0.15, 0.2) is 5.82 Å². The molecule has 0 saturated carbocycles. The second kappa shape index (κ2) is 6.21. The second-order valence-corrected chi connectivity index (χ2v) is 4.88. The SMILES string of the molecule is C[C@H](CCc1ccco1)Nc1cncc(-n2cccn2)n1. The van der Waals surface area contributed by atoms with Crippen molar-refractivity contribution in [1.82, 2.24) is 19.7 Å². The molecule has 0 unspecified atom stereocenters. The molecule has 3 aromatic rings. The summed E-state index contributed by atoms with van der Waals surface area (Å²) >= 11 is 0. The van der Waals surface area contributed by atoms with Crippen molar-refractivity contribution >= 4 is 5.82 Å². The summed E-state index contributed by atoms with van der Waals surface area (Å²) in [5.74, 6) is 2.44. The van der Waals surface area contributed by atoms with E-state index in [-0.39, 0.29) is 6.04 Å². The monoisotopic (exact) mass is 283 g/mol. The van der Waals surface area contributed by atoms with Crippen molar-refractivity contribution in [3.05, 3.63) is 55.0 Å². The van der Waals surface area contributed by atoms with Crippen LogP contribution in [0.15, 0.2) is 53.7 Å². The lowest BCUT2D eigenvalue weighted by Crippen LogP contribution is -2.17. The zero-order valence-corrected chi connectivity index (χ0v) is 11.8. The fourth-order valence-corrected chi connectivity index (χ4v) is 2.08. The molecule has 21 heavy (non-hydrogen) atoms. The van der Waals surface area contributed by atoms with Gasteiger partial charge in [-0.15, -0.1) is 0 Å². The van der Waals surface area contributed by atoms with Crippen LogP contribution in [0.1, 0.15) is 19.1 Å². The first-order valence-corrected chi connectivity index (χ1v) is 6.92. The minimum atomic E-state index is 0.275. The van der Waals surface area contributed by atoms with E-state index in [9.17, 15) is 0 Å². The zero-order chi connectivity index (χ0) is 14.5. The highest BCUT2D eigenvalue weighted by molar-refractivity contribution is 5.36. The van der Waals surface area contributed by atoms with Crippen molar-refractivity contribution in [3.8, 4) is 5.82 Å². The molecule has 0 aliphatic rings. The van der Waals surface area contributed by atoms with Gasteiger partial charge in [-0.25, -0.2) is 9.67 Å². The van der Waals surface area contributed by atoms with E-state index < -0.39 is 0 Å². The zero-order valence-electron chi connectivity index (χ0n) is 11.8. The van der Waals surface area contributed by atoms with Crippen LogP contribution in [0, 0.1) is 0 Å². The molecule has 0 radical (unpaired) electrons. The van der Waals surface area contributed by atoms with Crippen molar-refractivity contribution in [2.45, 2.75) is 25.8 Å². The van der Waals surface area contributed by atoms with Crippen LogP contribution in [-0.2, 0) is 6.42 Å². The molecule has 0 aromatic carbocycles. The van der Waals surface area contributed by atoms with Gasteiger partial charge in [-0.05, 0) is 31.5 Å². The van der Waals surface area contributed by atoms with E-state index in [0.29, 0.717) is 5.82 Å². The van der Waals surface area contributed by atoms with Crippen molar-refractivity contribution in [1.29, 1.82) is 0 Å². The lowest BCUT2D eigenvalue weighted by Gasteiger charge is -2.14. The predicted molar refractivity (Wildman–Crippen MR) is 79.3 cm³/mol. The Kier molecular flexibility index (Phi) is 3.95. The smallest absolute Gasteiger partial charge is 0.173 e. The standard InChI is InChI=1S/C15H17N5O/c1-12(5-6-13-4-2-9-21-13)18-14-10-16-11-15(19-14)20-8-3-7-17-20/h2-4,7-12H,5-6H2,1H3,(H,18,19)/t12-/m1/s1. The van der Waals surface area contributed by atoms with Gasteiger partial charge in [0, 0.05) is 24.9 Å². The highest BCUT2D eigenvalue weighted by Gasteiger charge is 2.07. The van der Waals surface area contributed by atoms with Crippen molar-refractivity contribution in [2.24, 2.45) is 0 Å². The molecule has 0 spiro atoms. The Morgan fingerprint density at radius 3 is 3.05 bits per heavy atom. The molecule has 0 aliphatic carbocycles. The molecule has 6 nitrogen and oxygen atoms in total. The van der Waals surface area contributed by atoms with Gasteiger partial charge >= 0.3 is 0 Å². The largest absolute Gasteiger partial charge is 0.469 e. The Morgan fingerprint density at radius 1 is 1.33 bits per heavy atom. The van der Waals surface area contributed by atoms with Gasteiger partial charge in [0.1, 0.15) is 11.6 Å². The number of furan rings is 1. The summed E-state index contributed by atoms with van der Waals surface area (Å²) in [6.45, 7) is 2.12. The number of anilines is 1. The maximum atomic E-state index is 5.33. The predicted octanol–water partition coefficient (Wildman–Crippen LogP) is 2.69. The van der Waals surface area contributed by atoms with Gasteiger partial charge < -0.3 is 9.73 Å². The number of hydrogen-bond donors (Lipinski definition) is 1. The number of hydrogen-bond acceptors (Lipinski definition) is 5. The van der Waals surface area contributed by atoms with E-state index in [0.717, 1.165) is 24.4 Å². The first-order valence-electron chi connectivity index (χ1n) is 6.92. The Hall–Kier alpha value is -2.63. The Labute approximate surface area is 122 Å². The van der Waals surface area contributed by atoms with Gasteiger partial charge in [0.05, 0.1) is 18.7 Å². The third-order valence-electron chi connectivity index (χ3n) is 3.16. The average Bonchev–Trinajstić information content (AvgIpc) is 3.19. The van der Waals surface area contributed by atoms with Crippen LogP contribution in [0.4, 0.5) is 5.82 Å². The van der Waals surface area contributed by atoms with Crippen molar-refractivity contribution in [3.63, 3.8) is 0 Å². The highest BCUT2D eigenvalue weighted by atomic mass is 16.3. The molecule has 0 amide bonds. The fraction of sp³-hybridized carbons (Fsp3) is 0.267. The van der Waals surface area contributed by atoms with Crippen LogP contribution in [0.3, 0.4) is 0 Å². The quantitative estimate of drug-likeness (QED) is 0.753. The molecular formula is C15H17N5O. The summed E-state index contributed by atoms with van der Waals surface area (Å²) < 4.78 is 7.02. The molecule has 3 aromatic heterocycles. The molecule has 6 heteroatoms. The second-order valence-electron chi connectivity index (χ2n) is 4.88. The van der Waals surface area contributed by atoms with Crippen molar-refractivity contribution < 1.29 is 4.42 Å². The molecule has 0 fully saturated rings. The Balaban J connectivity index is 1.60. The maximum Gasteiger partial charge on any atom is 0.173 e. The number of nitrogens with one attached hydrogen (secondary N) is 1. The first kappa shape index (κ1) is 13.4. The third kappa shape index (κ3) is 3.47. The number of rotatable bonds is 6. The van der Waals surface area contributed by atoms with E-state index in [2.05, 4.69) is 27.3 Å². The topological polar surface area (TPSA) is 68.8 Å². The van der Waals surface area contributed by atoms with Crippen LogP contribution in [0.25, 0.3) is 5.82 Å². The molecule has 0 aliphatic heterocycles. The van der Waals surface area contributed by atoms with Gasteiger partial charge in [0.25, 0.3) is 0 Å². The first-order chi connectivity index (χ1) is 10.3. The van der Waals surface area contributed by atoms with Crippen LogP contribution in [-0.4, -0.2) is 25.8 Å². The van der Waals surface area contributed by atoms with Gasteiger partial charge in [-0.1, -0.05) is 0 Å².